The second-order valence-corrected chi connectivity index (χ2v) is 12.3. The maximum Gasteiger partial charge on any atom is 0.257 e. The minimum atomic E-state index is -0.406. The van der Waals surface area contributed by atoms with E-state index < -0.39 is 5.54 Å². The van der Waals surface area contributed by atoms with Gasteiger partial charge in [0.2, 0.25) is 0 Å². The number of fused-ring (bicyclic) bond motifs is 7. The first-order chi connectivity index (χ1) is 21.4. The van der Waals surface area contributed by atoms with Crippen LogP contribution in [0.2, 0.25) is 0 Å². The number of rotatable bonds is 2. The van der Waals surface area contributed by atoms with Gasteiger partial charge in [0.05, 0.1) is 24.3 Å². The normalized spacial score (nSPS) is 26.2. The molecule has 2 saturated heterocycles. The molecule has 4 aliphatic heterocycles. The van der Waals surface area contributed by atoms with E-state index in [9.17, 15) is 9.59 Å². The lowest BCUT2D eigenvalue weighted by Crippen LogP contribution is -2.38. The Bertz CT molecular complexity index is 1930. The molecule has 0 radical (unpaired) electrons. The number of amides is 2. The van der Waals surface area contributed by atoms with Gasteiger partial charge in [0.15, 0.2) is 12.5 Å². The number of carbonyl (C=O) groups is 2. The highest BCUT2D eigenvalue weighted by molar-refractivity contribution is 6.04. The Balaban J connectivity index is 0.000000134. The van der Waals surface area contributed by atoms with E-state index in [0.717, 1.165) is 44.2 Å². The summed E-state index contributed by atoms with van der Waals surface area (Å²) in [6.45, 7) is 5.24. The molecule has 0 aliphatic carbocycles. The summed E-state index contributed by atoms with van der Waals surface area (Å²) in [6.07, 6.45) is -0.611. The quantitative estimate of drug-likeness (QED) is 0.219. The molecule has 0 aromatic heterocycles. The number of hydrogen-bond donors (Lipinski definition) is 0. The maximum atomic E-state index is 13.2. The lowest BCUT2D eigenvalue weighted by molar-refractivity contribution is 0.0222. The van der Waals surface area contributed by atoms with E-state index in [1.165, 1.54) is 0 Å². The lowest BCUT2D eigenvalue weighted by Gasteiger charge is -2.30. The van der Waals surface area contributed by atoms with Crippen LogP contribution in [0.3, 0.4) is 0 Å². The van der Waals surface area contributed by atoms with Crippen molar-refractivity contribution in [1.82, 2.24) is 9.80 Å². The second-order valence-electron chi connectivity index (χ2n) is 12.3. The van der Waals surface area contributed by atoms with Crippen LogP contribution in [0.1, 0.15) is 69.3 Å². The van der Waals surface area contributed by atoms with Crippen molar-refractivity contribution in [2.24, 2.45) is 0 Å². The van der Waals surface area contributed by atoms with Crippen LogP contribution in [0.4, 0.5) is 0 Å². The van der Waals surface area contributed by atoms with Crippen molar-refractivity contribution in [3.05, 3.63) is 155 Å². The standard InChI is InChI=1S/C21H17NO2.C17H15NO2/c1-21-13-24-20(14-7-3-2-4-8-14)22(21)19(23)17-11-15-9-5-6-10-16(15)12-18(17)21;1-17-11-20-16(12-7-3-2-4-8-12)18(17)15(19)13-9-5-6-10-14(13)17/h2-12,20H,13H2,1H3;2-10,16H,11H2,1H3/t20-,21-;16-,17-/m00/s1. The summed E-state index contributed by atoms with van der Waals surface area (Å²) in [5.41, 5.74) is 5.04. The lowest BCUT2D eigenvalue weighted by atomic mass is 9.90. The fraction of sp³-hybridized carbons (Fsp3) is 0.211. The SMILES string of the molecule is C[C@@]12CO[C@@H](c3ccccc3)N1C(=O)c1cc3ccccc3cc12.C[C@@]12CO[C@@H](c3ccccc3)N1C(=O)c1ccccc12. The zero-order chi connectivity index (χ0) is 30.1. The van der Waals surface area contributed by atoms with Crippen molar-refractivity contribution in [3.63, 3.8) is 0 Å². The van der Waals surface area contributed by atoms with Gasteiger partial charge in [0, 0.05) is 22.3 Å². The van der Waals surface area contributed by atoms with Gasteiger partial charge >= 0.3 is 0 Å². The molecule has 0 saturated carbocycles. The Kier molecular flexibility index (Phi) is 6.02. The summed E-state index contributed by atoms with van der Waals surface area (Å²) in [5.74, 6) is 0.124. The van der Waals surface area contributed by atoms with Crippen molar-refractivity contribution < 1.29 is 19.1 Å². The molecule has 0 spiro atoms. The van der Waals surface area contributed by atoms with Crippen molar-refractivity contribution in [1.29, 1.82) is 0 Å². The summed E-state index contributed by atoms with van der Waals surface area (Å²) in [4.78, 5) is 29.7. The molecule has 0 unspecified atom stereocenters. The summed E-state index contributed by atoms with van der Waals surface area (Å²) in [7, 11) is 0. The average Bonchev–Trinajstić information content (AvgIpc) is 3.74. The minimum Gasteiger partial charge on any atom is -0.351 e. The number of carbonyl (C=O) groups excluding carboxylic acids is 2. The largest absolute Gasteiger partial charge is 0.351 e. The molecule has 5 aromatic rings. The van der Waals surface area contributed by atoms with Gasteiger partial charge in [-0.25, -0.2) is 0 Å². The van der Waals surface area contributed by atoms with E-state index in [1.807, 2.05) is 113 Å². The van der Waals surface area contributed by atoms with E-state index in [2.05, 4.69) is 32.0 Å². The van der Waals surface area contributed by atoms with Crippen LogP contribution >= 0.6 is 0 Å². The van der Waals surface area contributed by atoms with Crippen LogP contribution in [0, 0.1) is 0 Å². The molecule has 9 rings (SSSR count). The number of ether oxygens (including phenoxy) is 2. The minimum absolute atomic E-state index is 0.0598. The predicted octanol–water partition coefficient (Wildman–Crippen LogP) is 7.33. The van der Waals surface area contributed by atoms with E-state index in [4.69, 9.17) is 9.47 Å². The van der Waals surface area contributed by atoms with Crippen LogP contribution in [-0.2, 0) is 20.6 Å². The number of nitrogens with zero attached hydrogens (tertiary/aromatic N) is 2. The third-order valence-electron chi connectivity index (χ3n) is 9.62. The van der Waals surface area contributed by atoms with Crippen LogP contribution in [0.5, 0.6) is 0 Å². The Hall–Kier alpha value is -4.78. The molecule has 2 amide bonds. The third-order valence-corrected chi connectivity index (χ3v) is 9.62. The first-order valence-corrected chi connectivity index (χ1v) is 15.0. The molecular formula is C38H32N2O4. The van der Waals surface area contributed by atoms with Crippen LogP contribution in [0.25, 0.3) is 10.8 Å². The van der Waals surface area contributed by atoms with E-state index >= 15 is 0 Å². The summed E-state index contributed by atoms with van der Waals surface area (Å²) < 4.78 is 12.0. The van der Waals surface area contributed by atoms with Gasteiger partial charge in [-0.3, -0.25) is 19.4 Å². The fourth-order valence-electron chi connectivity index (χ4n) is 7.35. The summed E-state index contributed by atoms with van der Waals surface area (Å²) in [6, 6.07) is 40.1. The Morgan fingerprint density at radius 3 is 1.59 bits per heavy atom. The molecular weight excluding hydrogens is 548 g/mol. The molecule has 5 aromatic carbocycles. The first kappa shape index (κ1) is 26.8. The second kappa shape index (κ2) is 9.88. The molecule has 44 heavy (non-hydrogen) atoms. The monoisotopic (exact) mass is 580 g/mol. The third kappa shape index (κ3) is 3.81. The van der Waals surface area contributed by atoms with Gasteiger partial charge in [0.25, 0.3) is 11.8 Å². The van der Waals surface area contributed by atoms with Crippen LogP contribution in [-0.4, -0.2) is 34.8 Å². The maximum absolute atomic E-state index is 13.2. The molecule has 4 heterocycles. The van der Waals surface area contributed by atoms with Gasteiger partial charge in [-0.15, -0.1) is 0 Å². The van der Waals surface area contributed by atoms with Crippen LogP contribution < -0.4 is 0 Å². The van der Waals surface area contributed by atoms with Crippen molar-refractivity contribution >= 4 is 22.6 Å². The van der Waals surface area contributed by atoms with Crippen molar-refractivity contribution in [2.75, 3.05) is 13.2 Å². The van der Waals surface area contributed by atoms with E-state index in [1.54, 1.807) is 0 Å². The Morgan fingerprint density at radius 2 is 1.00 bits per heavy atom. The summed E-state index contributed by atoms with van der Waals surface area (Å²) >= 11 is 0. The Labute approximate surface area is 256 Å². The zero-order valence-electron chi connectivity index (χ0n) is 24.6. The van der Waals surface area contributed by atoms with Gasteiger partial charge in [-0.1, -0.05) is 103 Å². The van der Waals surface area contributed by atoms with Crippen LogP contribution in [0.15, 0.2) is 121 Å². The highest BCUT2D eigenvalue weighted by Gasteiger charge is 2.56. The predicted molar refractivity (Wildman–Crippen MR) is 168 cm³/mol. The fourth-order valence-corrected chi connectivity index (χ4v) is 7.35. The van der Waals surface area contributed by atoms with Gasteiger partial charge in [0.1, 0.15) is 0 Å². The first-order valence-electron chi connectivity index (χ1n) is 15.0. The molecule has 6 heteroatoms. The number of benzene rings is 5. The topological polar surface area (TPSA) is 59.1 Å². The summed E-state index contributed by atoms with van der Waals surface area (Å²) in [5, 5.41) is 2.27. The molecule has 218 valence electrons. The van der Waals surface area contributed by atoms with E-state index in [-0.39, 0.29) is 29.8 Å². The van der Waals surface area contributed by atoms with Gasteiger partial charge in [-0.2, -0.15) is 0 Å². The van der Waals surface area contributed by atoms with Gasteiger partial charge in [-0.05, 0) is 53.9 Å². The Morgan fingerprint density at radius 1 is 0.545 bits per heavy atom. The number of hydrogen-bond acceptors (Lipinski definition) is 4. The van der Waals surface area contributed by atoms with Gasteiger partial charge < -0.3 is 9.47 Å². The van der Waals surface area contributed by atoms with Crippen molar-refractivity contribution in [2.45, 2.75) is 37.4 Å². The van der Waals surface area contributed by atoms with Crippen molar-refractivity contribution in [3.8, 4) is 0 Å². The van der Waals surface area contributed by atoms with E-state index in [0.29, 0.717) is 13.2 Å². The average molecular weight is 581 g/mol. The molecule has 0 bridgehead atoms. The molecule has 0 N–H and O–H groups in total. The smallest absolute Gasteiger partial charge is 0.257 e. The molecule has 2 fully saturated rings. The highest BCUT2D eigenvalue weighted by Crippen LogP contribution is 2.51. The molecule has 4 atom stereocenters. The highest BCUT2D eigenvalue weighted by atomic mass is 16.5. The zero-order valence-corrected chi connectivity index (χ0v) is 24.6. The molecule has 4 aliphatic rings. The molecule has 6 nitrogen and oxygen atoms in total.